The van der Waals surface area contributed by atoms with Crippen LogP contribution in [0.5, 0.6) is 11.8 Å². The van der Waals surface area contributed by atoms with Crippen molar-refractivity contribution in [1.29, 1.82) is 0 Å². The summed E-state index contributed by atoms with van der Waals surface area (Å²) >= 11 is 0. The van der Waals surface area contributed by atoms with Crippen LogP contribution in [0.15, 0.2) is 41.6 Å². The molecule has 34 heavy (non-hydrogen) atoms. The lowest BCUT2D eigenvalue weighted by Gasteiger charge is -2.30. The van der Waals surface area contributed by atoms with Gasteiger partial charge in [-0.3, -0.25) is 4.79 Å². The topological polar surface area (TPSA) is 123 Å². The fourth-order valence-corrected chi connectivity index (χ4v) is 4.70. The van der Waals surface area contributed by atoms with Crippen molar-refractivity contribution in [3.8, 4) is 11.8 Å². The van der Waals surface area contributed by atoms with Crippen LogP contribution in [0.25, 0.3) is 0 Å². The Morgan fingerprint density at radius 3 is 2.41 bits per heavy atom. The predicted molar refractivity (Wildman–Crippen MR) is 133 cm³/mol. The molecule has 0 aliphatic rings. The summed E-state index contributed by atoms with van der Waals surface area (Å²) in [7, 11) is 3.15. The van der Waals surface area contributed by atoms with Crippen molar-refractivity contribution >= 4 is 33.5 Å². The minimum atomic E-state index is -0.606. The van der Waals surface area contributed by atoms with Gasteiger partial charge in [-0.2, -0.15) is 0 Å². The van der Waals surface area contributed by atoms with E-state index in [2.05, 4.69) is 10.3 Å². The van der Waals surface area contributed by atoms with E-state index in [1.54, 1.807) is 27.8 Å². The minimum Gasteiger partial charge on any atom is -0.492 e. The van der Waals surface area contributed by atoms with Crippen molar-refractivity contribution in [2.45, 2.75) is 69.5 Å². The molecule has 0 aliphatic carbocycles. The van der Waals surface area contributed by atoms with E-state index >= 15 is 0 Å². The largest absolute Gasteiger partial charge is 0.492 e. The minimum absolute atomic E-state index is 0.0161. The van der Waals surface area contributed by atoms with Gasteiger partial charge in [0.2, 0.25) is 17.7 Å². The van der Waals surface area contributed by atoms with Crippen LogP contribution < -0.4 is 10.2 Å². The number of pyridine rings is 1. The Balaban J connectivity index is 1.63. The lowest BCUT2D eigenvalue weighted by Crippen LogP contribution is -2.44. The van der Waals surface area contributed by atoms with Crippen molar-refractivity contribution in [2.75, 3.05) is 12.4 Å². The summed E-state index contributed by atoms with van der Waals surface area (Å²) in [6, 6.07) is 8.17. The molecule has 11 heteroatoms. The van der Waals surface area contributed by atoms with Crippen molar-refractivity contribution in [3.63, 3.8) is 0 Å². The molecular formula is C23H33N3O6S2. The molecule has 0 saturated carbocycles. The average Bonchev–Trinajstić information content (AvgIpc) is 3.07. The summed E-state index contributed by atoms with van der Waals surface area (Å²) in [5.74, 6) is -0.670. The molecular weight excluding hydrogens is 478 g/mol. The SMILES string of the molecule is CC(C)(CCOC(C)(C)CCC(=O)On1c(O)ccc1O)NC(=O)CCSSc1ccccn1. The van der Waals surface area contributed by atoms with Crippen LogP contribution in [0.2, 0.25) is 0 Å². The fraction of sp³-hybridized carbons (Fsp3) is 0.522. The van der Waals surface area contributed by atoms with Crippen LogP contribution in [0.4, 0.5) is 0 Å². The highest BCUT2D eigenvalue weighted by Gasteiger charge is 2.25. The highest BCUT2D eigenvalue weighted by atomic mass is 33.1. The van der Waals surface area contributed by atoms with E-state index in [1.165, 1.54) is 12.1 Å². The summed E-state index contributed by atoms with van der Waals surface area (Å²) in [5.41, 5.74) is -1.03. The van der Waals surface area contributed by atoms with Gasteiger partial charge in [0.1, 0.15) is 5.03 Å². The number of aromatic hydroxyl groups is 2. The lowest BCUT2D eigenvalue weighted by atomic mass is 9.99. The first-order chi connectivity index (χ1) is 16.0. The molecule has 0 spiro atoms. The van der Waals surface area contributed by atoms with Gasteiger partial charge in [-0.25, -0.2) is 9.78 Å². The first-order valence-corrected chi connectivity index (χ1v) is 13.3. The Morgan fingerprint density at radius 1 is 1.06 bits per heavy atom. The molecule has 0 aromatic carbocycles. The van der Waals surface area contributed by atoms with E-state index in [-0.39, 0.29) is 24.1 Å². The highest BCUT2D eigenvalue weighted by Crippen LogP contribution is 2.29. The second-order valence-corrected chi connectivity index (χ2v) is 11.4. The summed E-state index contributed by atoms with van der Waals surface area (Å²) in [6.07, 6.45) is 3.18. The van der Waals surface area contributed by atoms with Gasteiger partial charge in [-0.05, 0) is 63.5 Å². The van der Waals surface area contributed by atoms with Crippen molar-refractivity contribution in [1.82, 2.24) is 15.0 Å². The molecule has 0 saturated heterocycles. The van der Waals surface area contributed by atoms with Gasteiger partial charge < -0.3 is 25.1 Å². The molecule has 0 bridgehead atoms. The van der Waals surface area contributed by atoms with Crippen LogP contribution in [-0.2, 0) is 14.3 Å². The number of rotatable bonds is 14. The van der Waals surface area contributed by atoms with Crippen LogP contribution in [0.1, 0.15) is 53.4 Å². The van der Waals surface area contributed by atoms with E-state index in [0.717, 1.165) is 5.03 Å². The Kier molecular flexibility index (Phi) is 10.6. The van der Waals surface area contributed by atoms with Crippen LogP contribution >= 0.6 is 21.6 Å². The van der Waals surface area contributed by atoms with Gasteiger partial charge >= 0.3 is 5.97 Å². The van der Waals surface area contributed by atoms with Gasteiger partial charge in [0.25, 0.3) is 0 Å². The first kappa shape index (κ1) is 27.9. The zero-order valence-electron chi connectivity index (χ0n) is 19.9. The zero-order chi connectivity index (χ0) is 25.2. The van der Waals surface area contributed by atoms with Crippen LogP contribution in [-0.4, -0.2) is 55.3 Å². The molecule has 2 aromatic rings. The molecule has 0 aliphatic heterocycles. The number of nitrogens with one attached hydrogen (secondary N) is 1. The summed E-state index contributed by atoms with van der Waals surface area (Å²) in [5, 5.41) is 23.0. The Labute approximate surface area is 208 Å². The maximum Gasteiger partial charge on any atom is 0.333 e. The standard InChI is InChI=1S/C23H33N3O6S2/c1-22(2,25-17(27)11-16-33-34-18-7-5-6-14-24-18)13-15-31-23(3,4)12-10-21(30)32-26-19(28)8-9-20(26)29/h5-9,14,28-29H,10-13,15-16H2,1-4H3,(H,25,27). The molecule has 2 aromatic heterocycles. The summed E-state index contributed by atoms with van der Waals surface area (Å²) < 4.78 is 6.61. The molecule has 0 fully saturated rings. The Hall–Kier alpha value is -2.37. The normalized spacial score (nSPS) is 11.9. The number of hydrogen-bond acceptors (Lipinski definition) is 9. The first-order valence-electron chi connectivity index (χ1n) is 10.9. The van der Waals surface area contributed by atoms with Gasteiger partial charge in [0.05, 0.1) is 12.0 Å². The number of ether oxygens (including phenoxy) is 1. The van der Waals surface area contributed by atoms with Gasteiger partial charge in [-0.1, -0.05) is 16.9 Å². The maximum atomic E-state index is 12.3. The highest BCUT2D eigenvalue weighted by molar-refractivity contribution is 8.76. The molecule has 9 nitrogen and oxygen atoms in total. The third-order valence-electron chi connectivity index (χ3n) is 4.81. The fourth-order valence-electron chi connectivity index (χ4n) is 2.84. The number of hydrogen-bond donors (Lipinski definition) is 3. The monoisotopic (exact) mass is 511 g/mol. The molecule has 0 atom stereocenters. The summed E-state index contributed by atoms with van der Waals surface area (Å²) in [6.45, 7) is 8.04. The molecule has 2 heterocycles. The number of carbonyl (C=O) groups excluding carboxylic acids is 2. The van der Waals surface area contributed by atoms with E-state index < -0.39 is 17.1 Å². The Bertz CT molecular complexity index is 915. The third kappa shape index (κ3) is 10.3. The van der Waals surface area contributed by atoms with Crippen molar-refractivity contribution in [2.24, 2.45) is 0 Å². The molecule has 1 amide bonds. The quantitative estimate of drug-likeness (QED) is 0.256. The van der Waals surface area contributed by atoms with Crippen molar-refractivity contribution < 1.29 is 29.4 Å². The average molecular weight is 512 g/mol. The van der Waals surface area contributed by atoms with E-state index in [4.69, 9.17) is 9.57 Å². The van der Waals surface area contributed by atoms with Crippen LogP contribution in [0.3, 0.4) is 0 Å². The van der Waals surface area contributed by atoms with Gasteiger partial charge in [-0.15, -0.1) is 4.73 Å². The number of amides is 1. The van der Waals surface area contributed by atoms with Gasteiger partial charge in [0.15, 0.2) is 0 Å². The molecule has 0 radical (unpaired) electrons. The van der Waals surface area contributed by atoms with E-state index in [0.29, 0.717) is 36.4 Å². The third-order valence-corrected chi connectivity index (χ3v) is 7.08. The second kappa shape index (κ2) is 12.9. The molecule has 2 rings (SSSR count). The number of aromatic nitrogens is 2. The zero-order valence-corrected chi connectivity index (χ0v) is 21.6. The predicted octanol–water partition coefficient (Wildman–Crippen LogP) is 3.94. The van der Waals surface area contributed by atoms with Gasteiger partial charge in [0, 0.05) is 42.6 Å². The lowest BCUT2D eigenvalue weighted by molar-refractivity contribution is -0.147. The summed E-state index contributed by atoms with van der Waals surface area (Å²) in [4.78, 5) is 33.5. The van der Waals surface area contributed by atoms with E-state index in [1.807, 2.05) is 45.9 Å². The molecule has 3 N–H and O–H groups in total. The van der Waals surface area contributed by atoms with Crippen molar-refractivity contribution in [3.05, 3.63) is 36.5 Å². The number of nitrogens with zero attached hydrogens (tertiary/aromatic N) is 2. The van der Waals surface area contributed by atoms with E-state index in [9.17, 15) is 19.8 Å². The number of carbonyl (C=O) groups is 2. The molecule has 0 unspecified atom stereocenters. The smallest absolute Gasteiger partial charge is 0.333 e. The van der Waals surface area contributed by atoms with Crippen LogP contribution in [0, 0.1) is 0 Å². The molecule has 188 valence electrons. The second-order valence-electron chi connectivity index (χ2n) is 8.92. The Morgan fingerprint density at radius 2 is 1.76 bits per heavy atom. The maximum absolute atomic E-state index is 12.3.